The van der Waals surface area contributed by atoms with Gasteiger partial charge in [-0.15, -0.1) is 0 Å². The van der Waals surface area contributed by atoms with Crippen LogP contribution < -0.4 is 5.32 Å². The molecular weight excluding hydrogens is 325 g/mol. The molecule has 0 aliphatic carbocycles. The van der Waals surface area contributed by atoms with Crippen molar-refractivity contribution in [3.05, 3.63) is 47.5 Å². The number of fused-ring (bicyclic) bond motifs is 5. The summed E-state index contributed by atoms with van der Waals surface area (Å²) in [5.41, 5.74) is 3.35. The highest BCUT2D eigenvalue weighted by Crippen LogP contribution is 2.44. The Labute approximate surface area is 141 Å². The summed E-state index contributed by atoms with van der Waals surface area (Å²) in [5, 5.41) is 10.4. The molecule has 1 saturated heterocycles. The standard InChI is InChI=1S/C17H14FN5O2/c18-16-12-8-10-2-4-15(11(12)5-6-19-16)23(10)17(24)20-9-1-3-13-14(7-9)22-25-21-13/h1,3,5-7,10,15H,2,4,8H2,(H,20,24). The van der Waals surface area contributed by atoms with E-state index >= 15 is 0 Å². The predicted molar refractivity (Wildman–Crippen MR) is 86.3 cm³/mol. The maximum Gasteiger partial charge on any atom is 0.322 e. The summed E-state index contributed by atoms with van der Waals surface area (Å²) in [4.78, 5) is 18.4. The third-order valence-electron chi connectivity index (χ3n) is 5.08. The van der Waals surface area contributed by atoms with Gasteiger partial charge in [0, 0.05) is 23.5 Å². The number of hydrogen-bond donors (Lipinski definition) is 1. The monoisotopic (exact) mass is 339 g/mol. The fourth-order valence-corrected chi connectivity index (χ4v) is 3.97. The molecule has 2 aliphatic heterocycles. The second kappa shape index (κ2) is 5.23. The minimum absolute atomic E-state index is 0.00588. The molecule has 1 fully saturated rings. The van der Waals surface area contributed by atoms with Crippen LogP contribution in [0.2, 0.25) is 0 Å². The van der Waals surface area contributed by atoms with Gasteiger partial charge < -0.3 is 10.2 Å². The average Bonchev–Trinajstić information content (AvgIpc) is 3.19. The maximum absolute atomic E-state index is 14.0. The molecule has 7 nitrogen and oxygen atoms in total. The number of pyridine rings is 1. The third-order valence-corrected chi connectivity index (χ3v) is 5.08. The lowest BCUT2D eigenvalue weighted by Crippen LogP contribution is -2.44. The first kappa shape index (κ1) is 14.3. The molecule has 126 valence electrons. The second-order valence-corrected chi connectivity index (χ2v) is 6.43. The molecule has 3 aromatic rings. The molecule has 8 heteroatoms. The SMILES string of the molecule is O=C(Nc1ccc2nonc2c1)N1C2CCC1c1ccnc(F)c1C2. The largest absolute Gasteiger partial charge is 0.322 e. The van der Waals surface area contributed by atoms with E-state index in [2.05, 4.69) is 25.2 Å². The average molecular weight is 339 g/mol. The summed E-state index contributed by atoms with van der Waals surface area (Å²) in [5.74, 6) is -0.418. The topological polar surface area (TPSA) is 84.2 Å². The first-order valence-corrected chi connectivity index (χ1v) is 8.15. The van der Waals surface area contributed by atoms with Crippen molar-refractivity contribution in [1.29, 1.82) is 0 Å². The van der Waals surface area contributed by atoms with Gasteiger partial charge in [-0.2, -0.15) is 4.39 Å². The van der Waals surface area contributed by atoms with Gasteiger partial charge in [-0.25, -0.2) is 14.4 Å². The molecular formula is C17H14FN5O2. The Kier molecular flexibility index (Phi) is 3.00. The van der Waals surface area contributed by atoms with Crippen LogP contribution in [-0.4, -0.2) is 32.3 Å². The number of amides is 2. The van der Waals surface area contributed by atoms with Crippen LogP contribution in [0.1, 0.15) is 30.0 Å². The third kappa shape index (κ3) is 2.17. The normalized spacial score (nSPS) is 21.4. The van der Waals surface area contributed by atoms with Gasteiger partial charge in [-0.05, 0) is 59.4 Å². The molecule has 2 amide bonds. The molecule has 2 bridgehead atoms. The van der Waals surface area contributed by atoms with E-state index in [1.165, 1.54) is 6.20 Å². The van der Waals surface area contributed by atoms with E-state index in [0.29, 0.717) is 28.7 Å². The van der Waals surface area contributed by atoms with Crippen molar-refractivity contribution in [3.8, 4) is 0 Å². The molecule has 0 saturated carbocycles. The van der Waals surface area contributed by atoms with Gasteiger partial charge in [0.25, 0.3) is 0 Å². The highest BCUT2D eigenvalue weighted by Gasteiger charge is 2.43. The summed E-state index contributed by atoms with van der Waals surface area (Å²) in [6.45, 7) is 0. The molecule has 1 aromatic carbocycles. The van der Waals surface area contributed by atoms with Crippen molar-refractivity contribution in [2.75, 3.05) is 5.32 Å². The number of carbonyl (C=O) groups is 1. The smallest absolute Gasteiger partial charge is 0.314 e. The second-order valence-electron chi connectivity index (χ2n) is 6.43. The molecule has 0 radical (unpaired) electrons. The van der Waals surface area contributed by atoms with Crippen LogP contribution in [0.3, 0.4) is 0 Å². The molecule has 0 spiro atoms. The number of halogens is 1. The van der Waals surface area contributed by atoms with Crippen molar-refractivity contribution in [2.24, 2.45) is 0 Å². The Balaban J connectivity index is 1.44. The number of carbonyl (C=O) groups excluding carboxylic acids is 1. The van der Waals surface area contributed by atoms with Gasteiger partial charge in [-0.1, -0.05) is 0 Å². The van der Waals surface area contributed by atoms with Crippen molar-refractivity contribution < 1.29 is 13.8 Å². The van der Waals surface area contributed by atoms with Crippen LogP contribution >= 0.6 is 0 Å². The minimum Gasteiger partial charge on any atom is -0.314 e. The Morgan fingerprint density at radius 3 is 3.04 bits per heavy atom. The van der Waals surface area contributed by atoms with E-state index in [0.717, 1.165) is 18.4 Å². The van der Waals surface area contributed by atoms with Crippen molar-refractivity contribution in [2.45, 2.75) is 31.3 Å². The summed E-state index contributed by atoms with van der Waals surface area (Å²) >= 11 is 0. The first-order chi connectivity index (χ1) is 12.2. The van der Waals surface area contributed by atoms with Crippen LogP contribution in [-0.2, 0) is 6.42 Å². The summed E-state index contributed by atoms with van der Waals surface area (Å²) in [6.07, 6.45) is 3.67. The zero-order valence-electron chi connectivity index (χ0n) is 13.1. The highest BCUT2D eigenvalue weighted by atomic mass is 19.1. The minimum atomic E-state index is -0.418. The molecule has 2 atom stereocenters. The van der Waals surface area contributed by atoms with Crippen molar-refractivity contribution >= 4 is 22.8 Å². The number of aromatic nitrogens is 3. The number of hydrogen-bond acceptors (Lipinski definition) is 5. The Hall–Kier alpha value is -3.03. The number of nitrogens with one attached hydrogen (secondary N) is 1. The Morgan fingerprint density at radius 1 is 1.24 bits per heavy atom. The van der Waals surface area contributed by atoms with Gasteiger partial charge in [-0.3, -0.25) is 0 Å². The Bertz CT molecular complexity index is 988. The van der Waals surface area contributed by atoms with Crippen molar-refractivity contribution in [3.63, 3.8) is 0 Å². The van der Waals surface area contributed by atoms with Crippen LogP contribution in [0.15, 0.2) is 35.1 Å². The van der Waals surface area contributed by atoms with E-state index < -0.39 is 5.95 Å². The van der Waals surface area contributed by atoms with E-state index in [1.54, 1.807) is 18.2 Å². The van der Waals surface area contributed by atoms with Crippen LogP contribution in [0.25, 0.3) is 11.0 Å². The van der Waals surface area contributed by atoms with Gasteiger partial charge in [0.15, 0.2) is 0 Å². The summed E-state index contributed by atoms with van der Waals surface area (Å²) in [7, 11) is 0. The fourth-order valence-electron chi connectivity index (χ4n) is 3.97. The fraction of sp³-hybridized carbons (Fsp3) is 0.294. The highest BCUT2D eigenvalue weighted by molar-refractivity contribution is 5.92. The van der Waals surface area contributed by atoms with E-state index in [9.17, 15) is 9.18 Å². The lowest BCUT2D eigenvalue weighted by molar-refractivity contribution is 0.178. The maximum atomic E-state index is 14.0. The molecule has 1 N–H and O–H groups in total. The van der Waals surface area contributed by atoms with Crippen LogP contribution in [0.4, 0.5) is 14.9 Å². The molecule has 2 aromatic heterocycles. The summed E-state index contributed by atoms with van der Waals surface area (Å²) < 4.78 is 18.7. The van der Waals surface area contributed by atoms with Gasteiger partial charge in [0.2, 0.25) is 5.95 Å². The van der Waals surface area contributed by atoms with Gasteiger partial charge >= 0.3 is 6.03 Å². The lowest BCUT2D eigenvalue weighted by atomic mass is 9.95. The number of benzene rings is 1. The number of urea groups is 1. The quantitative estimate of drug-likeness (QED) is 0.689. The number of rotatable bonds is 1. The van der Waals surface area contributed by atoms with E-state index in [-0.39, 0.29) is 18.1 Å². The van der Waals surface area contributed by atoms with Gasteiger partial charge in [0.1, 0.15) is 11.0 Å². The first-order valence-electron chi connectivity index (χ1n) is 8.15. The number of nitrogens with zero attached hydrogens (tertiary/aromatic N) is 4. The zero-order chi connectivity index (χ0) is 17.0. The lowest BCUT2D eigenvalue weighted by Gasteiger charge is -2.36. The molecule has 2 aliphatic rings. The molecule has 4 heterocycles. The zero-order valence-corrected chi connectivity index (χ0v) is 13.1. The Morgan fingerprint density at radius 2 is 2.12 bits per heavy atom. The predicted octanol–water partition coefficient (Wildman–Crippen LogP) is 3.05. The summed E-state index contributed by atoms with van der Waals surface area (Å²) in [6, 6.07) is 6.73. The van der Waals surface area contributed by atoms with Crippen LogP contribution in [0.5, 0.6) is 0 Å². The molecule has 25 heavy (non-hydrogen) atoms. The molecule has 2 unspecified atom stereocenters. The van der Waals surface area contributed by atoms with Gasteiger partial charge in [0.05, 0.1) is 6.04 Å². The number of anilines is 1. The van der Waals surface area contributed by atoms with E-state index in [4.69, 9.17) is 0 Å². The van der Waals surface area contributed by atoms with Crippen LogP contribution in [0, 0.1) is 5.95 Å². The van der Waals surface area contributed by atoms with E-state index in [1.807, 2.05) is 11.0 Å². The van der Waals surface area contributed by atoms with Crippen molar-refractivity contribution in [1.82, 2.24) is 20.2 Å². The molecule has 5 rings (SSSR count).